The monoisotopic (exact) mass is 382 g/mol. The summed E-state index contributed by atoms with van der Waals surface area (Å²) in [6.45, 7) is 10.1. The predicted octanol–water partition coefficient (Wildman–Crippen LogP) is 3.36. The highest BCUT2D eigenvalue weighted by atomic mass is 32.2. The summed E-state index contributed by atoms with van der Waals surface area (Å²) in [5.74, 6) is -1.23. The Labute approximate surface area is 151 Å². The van der Waals surface area contributed by atoms with Crippen LogP contribution in [0.2, 0.25) is 18.1 Å². The standard InChI is InChI=1S/C16H22N2O5SSi/c1-16(2,3)25(4,5)17-12(15(20)21)13(14(17)19)24-11-8-6-7-10(9-11)18(22)23/h6-9,12-13H,1-5H3,(H,20,21)/t12-,13+/m0/s1. The molecule has 1 fully saturated rings. The second kappa shape index (κ2) is 6.45. The summed E-state index contributed by atoms with van der Waals surface area (Å²) >= 11 is 1.08. The van der Waals surface area contributed by atoms with E-state index in [-0.39, 0.29) is 16.6 Å². The molecule has 0 saturated carbocycles. The maximum atomic E-state index is 12.7. The van der Waals surface area contributed by atoms with E-state index >= 15 is 0 Å². The molecule has 25 heavy (non-hydrogen) atoms. The quantitative estimate of drug-likeness (QED) is 0.363. The lowest BCUT2D eigenvalue weighted by Crippen LogP contribution is -2.76. The van der Waals surface area contributed by atoms with Gasteiger partial charge < -0.3 is 9.67 Å². The van der Waals surface area contributed by atoms with Crippen LogP contribution in [0.4, 0.5) is 5.69 Å². The van der Waals surface area contributed by atoms with Crippen LogP contribution in [-0.4, -0.2) is 46.0 Å². The third-order valence-corrected chi connectivity index (χ3v) is 11.6. The number of nitro benzene ring substituents is 1. The van der Waals surface area contributed by atoms with Crippen LogP contribution >= 0.6 is 11.8 Å². The van der Waals surface area contributed by atoms with E-state index in [9.17, 15) is 24.8 Å². The van der Waals surface area contributed by atoms with Gasteiger partial charge in [-0.3, -0.25) is 14.9 Å². The van der Waals surface area contributed by atoms with Gasteiger partial charge in [0.05, 0.1) is 4.92 Å². The van der Waals surface area contributed by atoms with Crippen LogP contribution in [0.3, 0.4) is 0 Å². The molecular weight excluding hydrogens is 360 g/mol. The van der Waals surface area contributed by atoms with E-state index in [0.29, 0.717) is 4.90 Å². The Morgan fingerprint density at radius 2 is 1.96 bits per heavy atom. The molecule has 2 rings (SSSR count). The lowest BCUT2D eigenvalue weighted by molar-refractivity contribution is -0.385. The predicted molar refractivity (Wildman–Crippen MR) is 98.2 cm³/mol. The first-order valence-electron chi connectivity index (χ1n) is 7.85. The van der Waals surface area contributed by atoms with Crippen LogP contribution in [0.1, 0.15) is 20.8 Å². The minimum Gasteiger partial charge on any atom is -0.480 e. The van der Waals surface area contributed by atoms with Crippen molar-refractivity contribution in [2.24, 2.45) is 0 Å². The molecule has 7 nitrogen and oxygen atoms in total. The second-order valence-electron chi connectivity index (χ2n) is 7.59. The van der Waals surface area contributed by atoms with Gasteiger partial charge in [0.25, 0.3) is 5.69 Å². The SMILES string of the molecule is CC(C)(C)[Si](C)(C)N1C(=O)[C@H](Sc2cccc([N+](=O)[O-])c2)[C@H]1C(=O)O. The van der Waals surface area contributed by atoms with Gasteiger partial charge in [0.1, 0.15) is 11.3 Å². The summed E-state index contributed by atoms with van der Waals surface area (Å²) in [4.78, 5) is 35.4. The van der Waals surface area contributed by atoms with Crippen molar-refractivity contribution in [1.82, 2.24) is 4.57 Å². The lowest BCUT2D eigenvalue weighted by atomic mass is 10.1. The normalized spacial score (nSPS) is 21.0. The molecule has 1 aromatic carbocycles. The maximum Gasteiger partial charge on any atom is 0.327 e. The zero-order chi connectivity index (χ0) is 19.2. The average molecular weight is 383 g/mol. The Balaban J connectivity index is 2.29. The molecule has 0 radical (unpaired) electrons. The van der Waals surface area contributed by atoms with E-state index in [1.54, 1.807) is 10.6 Å². The number of amides is 1. The number of nitrogens with zero attached hydrogens (tertiary/aromatic N) is 2. The maximum absolute atomic E-state index is 12.7. The zero-order valence-electron chi connectivity index (χ0n) is 14.8. The number of rotatable bonds is 5. The Morgan fingerprint density at radius 1 is 1.36 bits per heavy atom. The van der Waals surface area contributed by atoms with Crippen molar-refractivity contribution in [1.29, 1.82) is 0 Å². The molecule has 0 unspecified atom stereocenters. The van der Waals surface area contributed by atoms with Gasteiger partial charge in [-0.2, -0.15) is 0 Å². The topological polar surface area (TPSA) is 101 Å². The highest BCUT2D eigenvalue weighted by molar-refractivity contribution is 8.00. The molecule has 1 saturated heterocycles. The number of carbonyl (C=O) groups excluding carboxylic acids is 1. The van der Waals surface area contributed by atoms with Gasteiger partial charge in [-0.05, 0) is 11.1 Å². The van der Waals surface area contributed by atoms with Gasteiger partial charge in [0.2, 0.25) is 5.91 Å². The van der Waals surface area contributed by atoms with Crippen LogP contribution in [0.5, 0.6) is 0 Å². The molecule has 2 atom stereocenters. The van der Waals surface area contributed by atoms with E-state index in [1.165, 1.54) is 18.2 Å². The van der Waals surface area contributed by atoms with E-state index in [1.807, 2.05) is 33.9 Å². The number of carboxylic acid groups (broad SMARTS) is 1. The van der Waals surface area contributed by atoms with Crippen molar-refractivity contribution >= 4 is 37.6 Å². The van der Waals surface area contributed by atoms with Crippen molar-refractivity contribution in [3.63, 3.8) is 0 Å². The van der Waals surface area contributed by atoms with Crippen LogP contribution in [0.15, 0.2) is 29.2 Å². The van der Waals surface area contributed by atoms with Crippen LogP contribution in [-0.2, 0) is 9.59 Å². The van der Waals surface area contributed by atoms with Gasteiger partial charge >= 0.3 is 5.97 Å². The summed E-state index contributed by atoms with van der Waals surface area (Å²) in [5.41, 5.74) is -0.0788. The number of carbonyl (C=O) groups is 2. The number of β-lactam (4-membered cyclic amide) rings is 1. The number of thioether (sulfide) groups is 1. The van der Waals surface area contributed by atoms with E-state index < -0.39 is 30.4 Å². The summed E-state index contributed by atoms with van der Waals surface area (Å²) in [6, 6.07) is 5.01. The number of aliphatic carboxylic acids is 1. The molecule has 0 bridgehead atoms. The molecule has 1 amide bonds. The van der Waals surface area contributed by atoms with Crippen LogP contribution in [0, 0.1) is 10.1 Å². The summed E-state index contributed by atoms with van der Waals surface area (Å²) < 4.78 is 1.56. The Bertz CT molecular complexity index is 731. The van der Waals surface area contributed by atoms with E-state index in [2.05, 4.69) is 0 Å². The minimum absolute atomic E-state index is 0.0788. The number of hydrogen-bond donors (Lipinski definition) is 1. The van der Waals surface area contributed by atoms with Crippen molar-refractivity contribution in [2.45, 2.75) is 55.1 Å². The van der Waals surface area contributed by atoms with Crippen molar-refractivity contribution in [3.8, 4) is 0 Å². The van der Waals surface area contributed by atoms with Gasteiger partial charge in [-0.15, -0.1) is 11.8 Å². The first kappa shape index (κ1) is 19.5. The highest BCUT2D eigenvalue weighted by Crippen LogP contribution is 2.46. The Morgan fingerprint density at radius 3 is 2.44 bits per heavy atom. The number of non-ortho nitro benzene ring substituents is 1. The van der Waals surface area contributed by atoms with Crippen LogP contribution < -0.4 is 0 Å². The molecule has 1 N–H and O–H groups in total. The van der Waals surface area contributed by atoms with Crippen molar-refractivity contribution in [3.05, 3.63) is 34.4 Å². The molecular formula is C16H22N2O5SSi. The average Bonchev–Trinajstić information content (AvgIpc) is 2.48. The highest BCUT2D eigenvalue weighted by Gasteiger charge is 2.60. The molecule has 9 heteroatoms. The first-order chi connectivity index (χ1) is 11.4. The second-order valence-corrected chi connectivity index (χ2v) is 13.9. The molecule has 1 aromatic rings. The third-order valence-electron chi connectivity index (χ3n) is 5.03. The summed E-state index contributed by atoms with van der Waals surface area (Å²) in [7, 11) is -2.32. The Hall–Kier alpha value is -1.87. The van der Waals surface area contributed by atoms with Crippen LogP contribution in [0.25, 0.3) is 0 Å². The lowest BCUT2D eigenvalue weighted by Gasteiger charge is -2.56. The van der Waals surface area contributed by atoms with Crippen molar-refractivity contribution in [2.75, 3.05) is 0 Å². The molecule has 0 spiro atoms. The number of nitro groups is 1. The minimum atomic E-state index is -2.32. The molecule has 0 aliphatic carbocycles. The van der Waals surface area contributed by atoms with Gasteiger partial charge in [-0.1, -0.05) is 39.9 Å². The molecule has 1 aliphatic heterocycles. The van der Waals surface area contributed by atoms with Crippen molar-refractivity contribution < 1.29 is 19.6 Å². The molecule has 0 aromatic heterocycles. The Kier molecular flexibility index (Phi) is 5.02. The molecule has 136 valence electrons. The molecule has 1 aliphatic rings. The fourth-order valence-corrected chi connectivity index (χ4v) is 6.41. The van der Waals surface area contributed by atoms with Gasteiger partial charge in [-0.25, -0.2) is 4.79 Å². The summed E-state index contributed by atoms with van der Waals surface area (Å²) in [5, 5.41) is 19.6. The zero-order valence-corrected chi connectivity index (χ0v) is 16.7. The third kappa shape index (κ3) is 3.43. The van der Waals surface area contributed by atoms with E-state index in [0.717, 1.165) is 11.8 Å². The fraction of sp³-hybridized carbons (Fsp3) is 0.500. The summed E-state index contributed by atoms with van der Waals surface area (Å²) in [6.07, 6.45) is 0. The number of hydrogen-bond acceptors (Lipinski definition) is 5. The van der Waals surface area contributed by atoms with E-state index in [4.69, 9.17) is 0 Å². The van der Waals surface area contributed by atoms with Gasteiger partial charge in [0.15, 0.2) is 8.24 Å². The largest absolute Gasteiger partial charge is 0.480 e. The first-order valence-corrected chi connectivity index (χ1v) is 11.7. The number of benzene rings is 1. The number of carboxylic acids is 1. The van der Waals surface area contributed by atoms with Gasteiger partial charge in [0, 0.05) is 17.0 Å². The fourth-order valence-electron chi connectivity index (χ4n) is 2.62. The smallest absolute Gasteiger partial charge is 0.327 e. The molecule has 1 heterocycles.